The van der Waals surface area contributed by atoms with E-state index in [1.165, 1.54) is 23.9 Å². The number of fused-ring (bicyclic) bond motifs is 1. The Labute approximate surface area is 177 Å². The number of benzene rings is 1. The zero-order valence-electron chi connectivity index (χ0n) is 16.4. The van der Waals surface area contributed by atoms with Gasteiger partial charge in [-0.25, -0.2) is 4.79 Å². The molecular formula is C22H20N4O3S. The molecule has 0 amide bonds. The zero-order valence-corrected chi connectivity index (χ0v) is 17.2. The number of hydrogen-bond donors (Lipinski definition) is 1. The number of aromatic nitrogens is 4. The second kappa shape index (κ2) is 8.54. The zero-order chi connectivity index (χ0) is 21.1. The van der Waals surface area contributed by atoms with Crippen molar-refractivity contribution in [3.05, 3.63) is 76.9 Å². The fourth-order valence-electron chi connectivity index (χ4n) is 3.26. The number of allylic oxidation sites excluding steroid dienone is 1. The van der Waals surface area contributed by atoms with Gasteiger partial charge in [0.15, 0.2) is 11.0 Å². The highest BCUT2D eigenvalue weighted by molar-refractivity contribution is 7.98. The van der Waals surface area contributed by atoms with Crippen LogP contribution in [0.15, 0.2) is 69.7 Å². The van der Waals surface area contributed by atoms with E-state index in [1.807, 2.05) is 29.7 Å². The van der Waals surface area contributed by atoms with Crippen molar-refractivity contribution in [1.29, 1.82) is 0 Å². The third kappa shape index (κ3) is 3.86. The highest BCUT2D eigenvalue weighted by Gasteiger charge is 2.15. The number of nitrogens with zero attached hydrogens (tertiary/aromatic N) is 4. The molecule has 0 fully saturated rings. The number of phenols is 1. The topological polar surface area (TPSA) is 94.0 Å². The van der Waals surface area contributed by atoms with Crippen molar-refractivity contribution in [2.75, 3.05) is 0 Å². The largest absolute Gasteiger partial charge is 0.508 e. The van der Waals surface area contributed by atoms with Crippen LogP contribution in [0, 0.1) is 0 Å². The molecule has 7 nitrogen and oxygen atoms in total. The van der Waals surface area contributed by atoms with E-state index in [2.05, 4.69) is 21.8 Å². The van der Waals surface area contributed by atoms with E-state index >= 15 is 0 Å². The van der Waals surface area contributed by atoms with Gasteiger partial charge in [-0.15, -0.1) is 16.8 Å². The van der Waals surface area contributed by atoms with Crippen LogP contribution in [0.4, 0.5) is 0 Å². The normalized spacial score (nSPS) is 11.1. The molecule has 3 aromatic heterocycles. The maximum Gasteiger partial charge on any atom is 0.336 e. The van der Waals surface area contributed by atoms with Crippen molar-refractivity contribution in [1.82, 2.24) is 19.7 Å². The lowest BCUT2D eigenvalue weighted by molar-refractivity contribution is 0.466. The highest BCUT2D eigenvalue weighted by atomic mass is 32.2. The van der Waals surface area contributed by atoms with Crippen molar-refractivity contribution < 1.29 is 9.52 Å². The monoisotopic (exact) mass is 420 g/mol. The van der Waals surface area contributed by atoms with Crippen LogP contribution in [0.2, 0.25) is 0 Å². The lowest BCUT2D eigenvalue weighted by Gasteiger charge is -2.10. The van der Waals surface area contributed by atoms with E-state index in [1.54, 1.807) is 18.5 Å². The van der Waals surface area contributed by atoms with Crippen molar-refractivity contribution in [2.24, 2.45) is 0 Å². The number of rotatable bonds is 7. The molecule has 8 heteroatoms. The smallest absolute Gasteiger partial charge is 0.336 e. The summed E-state index contributed by atoms with van der Waals surface area (Å²) in [6, 6.07) is 8.63. The van der Waals surface area contributed by atoms with Crippen LogP contribution in [0.3, 0.4) is 0 Å². The van der Waals surface area contributed by atoms with Gasteiger partial charge >= 0.3 is 5.63 Å². The fraction of sp³-hybridized carbons (Fsp3) is 0.182. The van der Waals surface area contributed by atoms with Crippen molar-refractivity contribution >= 4 is 22.7 Å². The molecule has 0 atom stereocenters. The average molecular weight is 420 g/mol. The van der Waals surface area contributed by atoms with Crippen molar-refractivity contribution in [3.63, 3.8) is 0 Å². The van der Waals surface area contributed by atoms with E-state index in [4.69, 9.17) is 4.42 Å². The molecule has 1 aromatic carbocycles. The van der Waals surface area contributed by atoms with Crippen LogP contribution < -0.4 is 5.63 Å². The maximum absolute atomic E-state index is 12.0. The summed E-state index contributed by atoms with van der Waals surface area (Å²) >= 11 is 1.48. The van der Waals surface area contributed by atoms with Gasteiger partial charge in [0.05, 0.1) is 0 Å². The van der Waals surface area contributed by atoms with Crippen LogP contribution in [-0.2, 0) is 18.7 Å². The first kappa shape index (κ1) is 19.9. The summed E-state index contributed by atoms with van der Waals surface area (Å²) in [5.41, 5.74) is 2.46. The third-order valence-corrected chi connectivity index (χ3v) is 5.75. The van der Waals surface area contributed by atoms with Crippen LogP contribution in [0.5, 0.6) is 5.75 Å². The van der Waals surface area contributed by atoms with E-state index in [0.29, 0.717) is 24.3 Å². The van der Waals surface area contributed by atoms with Gasteiger partial charge in [0.1, 0.15) is 11.3 Å². The molecular weight excluding hydrogens is 400 g/mol. The Morgan fingerprint density at radius 3 is 2.73 bits per heavy atom. The van der Waals surface area contributed by atoms with E-state index in [9.17, 15) is 9.90 Å². The fourth-order valence-corrected chi connectivity index (χ4v) is 4.19. The highest BCUT2D eigenvalue weighted by Crippen LogP contribution is 2.31. The van der Waals surface area contributed by atoms with Gasteiger partial charge in [0.2, 0.25) is 0 Å². The number of pyridine rings is 1. The van der Waals surface area contributed by atoms with Gasteiger partial charge < -0.3 is 9.52 Å². The lowest BCUT2D eigenvalue weighted by atomic mass is 10.1. The van der Waals surface area contributed by atoms with Crippen LogP contribution in [0.1, 0.15) is 18.1 Å². The maximum atomic E-state index is 12.0. The Kier molecular flexibility index (Phi) is 5.67. The molecule has 4 rings (SSSR count). The van der Waals surface area contributed by atoms with E-state index in [0.717, 1.165) is 33.1 Å². The van der Waals surface area contributed by atoms with Crippen molar-refractivity contribution in [3.8, 4) is 17.1 Å². The van der Waals surface area contributed by atoms with E-state index in [-0.39, 0.29) is 5.75 Å². The second-order valence-corrected chi connectivity index (χ2v) is 7.59. The first-order valence-electron chi connectivity index (χ1n) is 9.46. The minimum Gasteiger partial charge on any atom is -0.508 e. The molecule has 0 aliphatic carbocycles. The molecule has 0 saturated carbocycles. The first-order chi connectivity index (χ1) is 14.6. The Hall–Kier alpha value is -3.39. The average Bonchev–Trinajstić information content (AvgIpc) is 3.15. The second-order valence-electron chi connectivity index (χ2n) is 6.65. The number of aryl methyl sites for hydroxylation is 1. The van der Waals surface area contributed by atoms with Crippen LogP contribution >= 0.6 is 11.8 Å². The molecule has 0 aliphatic rings. The molecule has 4 aromatic rings. The summed E-state index contributed by atoms with van der Waals surface area (Å²) in [6.45, 7) is 6.35. The number of hydrogen-bond acceptors (Lipinski definition) is 7. The summed E-state index contributed by atoms with van der Waals surface area (Å²) in [5, 5.41) is 20.3. The van der Waals surface area contributed by atoms with Gasteiger partial charge in [-0.2, -0.15) is 0 Å². The standard InChI is InChI=1S/C22H20N4O3S/c1-3-9-26-21(15-5-7-23-8-6-15)24-25-22(26)30-13-16-11-20(28)29-19-12-18(27)14(4-2)10-17(16)19/h3,5-8,10-12,27H,1,4,9,13H2,2H3. The van der Waals surface area contributed by atoms with E-state index < -0.39 is 5.63 Å². The number of thioether (sulfide) groups is 1. The minimum atomic E-state index is -0.452. The van der Waals surface area contributed by atoms with Gasteiger partial charge in [-0.3, -0.25) is 9.55 Å². The van der Waals surface area contributed by atoms with Gasteiger partial charge in [-0.05, 0) is 35.7 Å². The van der Waals surface area contributed by atoms with Crippen molar-refractivity contribution in [2.45, 2.75) is 30.8 Å². The molecule has 3 heterocycles. The Morgan fingerprint density at radius 1 is 1.20 bits per heavy atom. The summed E-state index contributed by atoms with van der Waals surface area (Å²) < 4.78 is 7.26. The molecule has 0 spiro atoms. The summed E-state index contributed by atoms with van der Waals surface area (Å²) in [5.74, 6) is 1.36. The molecule has 0 aliphatic heterocycles. The molecule has 152 valence electrons. The number of phenolic OH excluding ortho intramolecular Hbond substituents is 1. The lowest BCUT2D eigenvalue weighted by Crippen LogP contribution is -2.03. The quantitative estimate of drug-likeness (QED) is 0.272. The Bertz CT molecular complexity index is 1260. The predicted molar refractivity (Wildman–Crippen MR) is 117 cm³/mol. The Balaban J connectivity index is 1.70. The summed E-state index contributed by atoms with van der Waals surface area (Å²) in [4.78, 5) is 16.1. The molecule has 0 saturated heterocycles. The minimum absolute atomic E-state index is 0.130. The first-order valence-corrected chi connectivity index (χ1v) is 10.4. The predicted octanol–water partition coefficient (Wildman–Crippen LogP) is 4.19. The van der Waals surface area contributed by atoms with Gasteiger partial charge in [0, 0.05) is 47.8 Å². The third-order valence-electron chi connectivity index (χ3n) is 4.73. The summed E-state index contributed by atoms with van der Waals surface area (Å²) in [6.07, 6.45) is 5.90. The van der Waals surface area contributed by atoms with Crippen LogP contribution in [0.25, 0.3) is 22.4 Å². The van der Waals surface area contributed by atoms with Crippen LogP contribution in [-0.4, -0.2) is 24.9 Å². The van der Waals surface area contributed by atoms with Gasteiger partial charge in [0.25, 0.3) is 0 Å². The molecule has 0 bridgehead atoms. The summed E-state index contributed by atoms with van der Waals surface area (Å²) in [7, 11) is 0. The number of aromatic hydroxyl groups is 1. The molecule has 30 heavy (non-hydrogen) atoms. The molecule has 0 unspecified atom stereocenters. The molecule has 1 N–H and O–H groups in total. The molecule has 0 radical (unpaired) electrons. The Morgan fingerprint density at radius 2 is 2.00 bits per heavy atom. The SMILES string of the molecule is C=CCn1c(SCc2cc(=O)oc3cc(O)c(CC)cc23)nnc1-c1ccncc1. The van der Waals surface area contributed by atoms with Gasteiger partial charge in [-0.1, -0.05) is 24.8 Å².